The van der Waals surface area contributed by atoms with Crippen molar-refractivity contribution in [2.24, 2.45) is 7.05 Å². The van der Waals surface area contributed by atoms with Crippen LogP contribution >= 0.6 is 11.3 Å². The van der Waals surface area contributed by atoms with Crippen molar-refractivity contribution in [3.63, 3.8) is 0 Å². The van der Waals surface area contributed by atoms with Gasteiger partial charge in [-0.1, -0.05) is 12.1 Å². The van der Waals surface area contributed by atoms with Gasteiger partial charge in [0.1, 0.15) is 17.7 Å². The lowest BCUT2D eigenvalue weighted by atomic mass is 10.1. The lowest BCUT2D eigenvalue weighted by Crippen LogP contribution is -2.30. The Bertz CT molecular complexity index is 933. The highest BCUT2D eigenvalue weighted by atomic mass is 32.1. The minimum atomic E-state index is -0.533. The van der Waals surface area contributed by atoms with E-state index in [1.165, 1.54) is 30.4 Å². The third-order valence-electron chi connectivity index (χ3n) is 3.72. The molecule has 6 nitrogen and oxygen atoms in total. The van der Waals surface area contributed by atoms with Gasteiger partial charge in [-0.15, -0.1) is 11.3 Å². The predicted molar refractivity (Wildman–Crippen MR) is 97.5 cm³/mol. The van der Waals surface area contributed by atoms with E-state index in [0.717, 1.165) is 0 Å². The molecule has 3 aromatic rings. The fourth-order valence-corrected chi connectivity index (χ4v) is 3.37. The van der Waals surface area contributed by atoms with Crippen LogP contribution in [0.1, 0.15) is 34.0 Å². The smallest absolute Gasteiger partial charge is 0.262 e. The first kappa shape index (κ1) is 17.8. The number of aromatic nitrogens is 2. The largest absolute Gasteiger partial charge is 0.337 e. The molecule has 0 aliphatic rings. The molecule has 1 aromatic carbocycles. The molecule has 1 unspecified atom stereocenters. The number of anilines is 1. The van der Waals surface area contributed by atoms with Crippen molar-refractivity contribution in [2.75, 3.05) is 5.32 Å². The van der Waals surface area contributed by atoms with Gasteiger partial charge in [0.2, 0.25) is 5.91 Å². The fraction of sp³-hybridized carbons (Fsp3) is 0.167. The summed E-state index contributed by atoms with van der Waals surface area (Å²) in [4.78, 5) is 28.6. The van der Waals surface area contributed by atoms with Crippen LogP contribution in [0.2, 0.25) is 0 Å². The topological polar surface area (TPSA) is 76.0 Å². The molecule has 3 rings (SSSR count). The molecular weight excluding hydrogens is 355 g/mol. The Hall–Kier alpha value is -3.00. The summed E-state index contributed by atoms with van der Waals surface area (Å²) in [5.41, 5.74) is 0.715. The highest BCUT2D eigenvalue weighted by molar-refractivity contribution is 7.18. The summed E-state index contributed by atoms with van der Waals surface area (Å²) in [7, 11) is 1.82. The van der Waals surface area contributed by atoms with Gasteiger partial charge in [0, 0.05) is 26.4 Å². The Morgan fingerprint density at radius 3 is 2.54 bits per heavy atom. The van der Waals surface area contributed by atoms with Crippen LogP contribution in [0.25, 0.3) is 0 Å². The van der Waals surface area contributed by atoms with Crippen LogP contribution in [0.5, 0.6) is 0 Å². The van der Waals surface area contributed by atoms with E-state index < -0.39 is 6.04 Å². The van der Waals surface area contributed by atoms with Crippen LogP contribution < -0.4 is 10.6 Å². The van der Waals surface area contributed by atoms with E-state index in [9.17, 15) is 14.0 Å². The van der Waals surface area contributed by atoms with E-state index in [1.54, 1.807) is 41.2 Å². The number of benzene rings is 1. The van der Waals surface area contributed by atoms with E-state index in [-0.39, 0.29) is 17.6 Å². The Morgan fingerprint density at radius 1 is 1.19 bits per heavy atom. The summed E-state index contributed by atoms with van der Waals surface area (Å²) in [6.45, 7) is 1.41. The van der Waals surface area contributed by atoms with Crippen molar-refractivity contribution in [2.45, 2.75) is 13.0 Å². The second kappa shape index (κ2) is 7.49. The quantitative estimate of drug-likeness (QED) is 0.723. The van der Waals surface area contributed by atoms with E-state index in [1.807, 2.05) is 7.05 Å². The second-order valence-corrected chi connectivity index (χ2v) is 6.78. The van der Waals surface area contributed by atoms with Gasteiger partial charge >= 0.3 is 0 Å². The summed E-state index contributed by atoms with van der Waals surface area (Å²) in [5.74, 6) is -0.222. The van der Waals surface area contributed by atoms with Gasteiger partial charge in [-0.3, -0.25) is 9.59 Å². The van der Waals surface area contributed by atoms with E-state index in [2.05, 4.69) is 15.6 Å². The molecule has 1 atom stereocenters. The summed E-state index contributed by atoms with van der Waals surface area (Å²) in [5, 5.41) is 6.18. The van der Waals surface area contributed by atoms with E-state index in [0.29, 0.717) is 21.3 Å². The van der Waals surface area contributed by atoms with Gasteiger partial charge in [-0.25, -0.2) is 9.37 Å². The number of imidazole rings is 1. The zero-order valence-corrected chi connectivity index (χ0v) is 15.0. The van der Waals surface area contributed by atoms with Crippen molar-refractivity contribution >= 4 is 28.2 Å². The molecule has 0 spiro atoms. The van der Waals surface area contributed by atoms with Crippen molar-refractivity contribution < 1.29 is 14.0 Å². The molecule has 0 radical (unpaired) electrons. The number of amides is 2. The lowest BCUT2D eigenvalue weighted by molar-refractivity contribution is -0.114. The number of carbonyl (C=O) groups is 2. The Morgan fingerprint density at radius 2 is 1.92 bits per heavy atom. The van der Waals surface area contributed by atoms with Crippen LogP contribution in [-0.2, 0) is 11.8 Å². The van der Waals surface area contributed by atoms with Gasteiger partial charge in [0.15, 0.2) is 0 Å². The van der Waals surface area contributed by atoms with Crippen LogP contribution in [0.15, 0.2) is 48.8 Å². The molecule has 2 aromatic heterocycles. The fourth-order valence-electron chi connectivity index (χ4n) is 2.51. The van der Waals surface area contributed by atoms with Gasteiger partial charge in [0.05, 0.1) is 9.88 Å². The standard InChI is InChI=1S/C18H17FN4O2S/c1-11(24)21-15-8-7-14(26-15)18(25)22-16(17-20-9-10-23(17)2)12-3-5-13(19)6-4-12/h3-10,16H,1-2H3,(H,21,24)(H,22,25). The highest BCUT2D eigenvalue weighted by Gasteiger charge is 2.22. The van der Waals surface area contributed by atoms with Crippen LogP contribution in [-0.4, -0.2) is 21.4 Å². The number of rotatable bonds is 5. The van der Waals surface area contributed by atoms with E-state index in [4.69, 9.17) is 0 Å². The van der Waals surface area contributed by atoms with Crippen molar-refractivity contribution in [1.82, 2.24) is 14.9 Å². The summed E-state index contributed by atoms with van der Waals surface area (Å²) in [6, 6.07) is 8.71. The Kier molecular flexibility index (Phi) is 5.13. The number of thiophene rings is 1. The average molecular weight is 372 g/mol. The van der Waals surface area contributed by atoms with Crippen molar-refractivity contribution in [3.05, 3.63) is 70.9 Å². The lowest BCUT2D eigenvalue weighted by Gasteiger charge is -2.18. The normalized spacial score (nSPS) is 11.8. The summed E-state index contributed by atoms with van der Waals surface area (Å²) in [6.07, 6.45) is 3.41. The zero-order chi connectivity index (χ0) is 18.7. The second-order valence-electron chi connectivity index (χ2n) is 5.70. The average Bonchev–Trinajstić information content (AvgIpc) is 3.22. The molecule has 0 saturated heterocycles. The Balaban J connectivity index is 1.87. The number of hydrogen-bond donors (Lipinski definition) is 2. The molecule has 2 N–H and O–H groups in total. The monoisotopic (exact) mass is 372 g/mol. The highest BCUT2D eigenvalue weighted by Crippen LogP contribution is 2.25. The molecule has 0 fully saturated rings. The SMILES string of the molecule is CC(=O)Nc1ccc(C(=O)NC(c2ccc(F)cc2)c2nccn2C)s1. The van der Waals surface area contributed by atoms with Crippen LogP contribution in [0.3, 0.4) is 0 Å². The first-order chi connectivity index (χ1) is 12.4. The van der Waals surface area contributed by atoms with Gasteiger partial charge in [0.25, 0.3) is 5.91 Å². The number of nitrogens with one attached hydrogen (secondary N) is 2. The van der Waals surface area contributed by atoms with Crippen LogP contribution in [0, 0.1) is 5.82 Å². The van der Waals surface area contributed by atoms with Crippen molar-refractivity contribution in [1.29, 1.82) is 0 Å². The molecular formula is C18H17FN4O2S. The zero-order valence-electron chi connectivity index (χ0n) is 14.2. The first-order valence-corrected chi connectivity index (χ1v) is 8.66. The molecule has 2 heterocycles. The summed E-state index contributed by atoms with van der Waals surface area (Å²) < 4.78 is 15.1. The maximum Gasteiger partial charge on any atom is 0.262 e. The van der Waals surface area contributed by atoms with Crippen molar-refractivity contribution in [3.8, 4) is 0 Å². The first-order valence-electron chi connectivity index (χ1n) is 7.85. The minimum absolute atomic E-state index is 0.198. The predicted octanol–water partition coefficient (Wildman–Crippen LogP) is 3.10. The number of nitrogens with zero attached hydrogens (tertiary/aromatic N) is 2. The Labute approximate surface area is 153 Å². The molecule has 134 valence electrons. The molecule has 0 bridgehead atoms. The van der Waals surface area contributed by atoms with Gasteiger partial charge < -0.3 is 15.2 Å². The third kappa shape index (κ3) is 3.97. The van der Waals surface area contributed by atoms with E-state index >= 15 is 0 Å². The molecule has 2 amide bonds. The molecule has 0 saturated carbocycles. The van der Waals surface area contributed by atoms with Crippen LogP contribution in [0.4, 0.5) is 9.39 Å². The maximum atomic E-state index is 13.3. The number of halogens is 1. The number of carbonyl (C=O) groups excluding carboxylic acids is 2. The maximum absolute atomic E-state index is 13.3. The minimum Gasteiger partial charge on any atom is -0.337 e. The molecule has 8 heteroatoms. The number of aryl methyl sites for hydroxylation is 1. The molecule has 0 aliphatic carbocycles. The third-order valence-corrected chi connectivity index (χ3v) is 4.72. The van der Waals surface area contributed by atoms with Gasteiger partial charge in [-0.2, -0.15) is 0 Å². The number of hydrogen-bond acceptors (Lipinski definition) is 4. The summed E-state index contributed by atoms with van der Waals surface area (Å²) >= 11 is 1.18. The van der Waals surface area contributed by atoms with Gasteiger partial charge in [-0.05, 0) is 29.8 Å². The molecule has 26 heavy (non-hydrogen) atoms. The molecule has 0 aliphatic heterocycles.